The van der Waals surface area contributed by atoms with E-state index in [1.807, 2.05) is 0 Å². The van der Waals surface area contributed by atoms with Gasteiger partial charge in [0.1, 0.15) is 11.4 Å². The average Bonchev–Trinajstić information content (AvgIpc) is 2.47. The number of anilines is 2. The van der Waals surface area contributed by atoms with Crippen LogP contribution in [0.4, 0.5) is 11.5 Å². The lowest BCUT2D eigenvalue weighted by molar-refractivity contribution is 0.0601. The second-order valence-electron chi connectivity index (χ2n) is 4.96. The number of carbonyl (C=O) groups is 1. The molecule has 6 nitrogen and oxygen atoms in total. The molecule has 1 saturated heterocycles. The summed E-state index contributed by atoms with van der Waals surface area (Å²) < 4.78 is 4.81. The molecule has 1 aliphatic heterocycles. The number of nitrogens with zero attached hydrogens (tertiary/aromatic N) is 3. The summed E-state index contributed by atoms with van der Waals surface area (Å²) >= 11 is 0. The third kappa shape index (κ3) is 3.19. The van der Waals surface area contributed by atoms with Crippen molar-refractivity contribution >= 4 is 17.5 Å². The molecule has 2 N–H and O–H groups in total. The molecule has 0 aromatic carbocycles. The molecular weight excluding hydrogens is 256 g/mol. The van der Waals surface area contributed by atoms with Crippen LogP contribution in [-0.4, -0.2) is 55.7 Å². The highest BCUT2D eigenvalue weighted by atomic mass is 16.5. The summed E-state index contributed by atoms with van der Waals surface area (Å²) in [5.74, 6) is 0.276. The van der Waals surface area contributed by atoms with Crippen molar-refractivity contribution in [2.45, 2.75) is 13.3 Å². The van der Waals surface area contributed by atoms with Gasteiger partial charge < -0.3 is 15.4 Å². The third-order valence-electron chi connectivity index (χ3n) is 3.50. The number of esters is 1. The van der Waals surface area contributed by atoms with Crippen LogP contribution in [0.3, 0.4) is 0 Å². The molecule has 2 rings (SSSR count). The van der Waals surface area contributed by atoms with Gasteiger partial charge in [0, 0.05) is 26.2 Å². The van der Waals surface area contributed by atoms with E-state index in [4.69, 9.17) is 10.5 Å². The number of nitrogen functional groups attached to an aromatic ring is 1. The second-order valence-corrected chi connectivity index (χ2v) is 4.96. The zero-order valence-electron chi connectivity index (χ0n) is 12.1. The first-order chi connectivity index (χ1) is 9.65. The zero-order chi connectivity index (χ0) is 14.5. The Bertz CT molecular complexity index is 470. The number of pyridine rings is 1. The second kappa shape index (κ2) is 6.56. The molecule has 20 heavy (non-hydrogen) atoms. The monoisotopic (exact) mass is 278 g/mol. The maximum absolute atomic E-state index is 11.8. The lowest BCUT2D eigenvalue weighted by Gasteiger charge is -2.35. The van der Waals surface area contributed by atoms with Crippen molar-refractivity contribution < 1.29 is 9.53 Å². The van der Waals surface area contributed by atoms with Crippen molar-refractivity contribution in [2.75, 3.05) is 50.5 Å². The normalized spacial score (nSPS) is 16.2. The molecule has 0 aliphatic carbocycles. The van der Waals surface area contributed by atoms with Gasteiger partial charge in [-0.15, -0.1) is 0 Å². The summed E-state index contributed by atoms with van der Waals surface area (Å²) in [4.78, 5) is 20.7. The highest BCUT2D eigenvalue weighted by Gasteiger charge is 2.23. The van der Waals surface area contributed by atoms with Gasteiger partial charge in [-0.25, -0.2) is 9.78 Å². The Hall–Kier alpha value is -1.82. The predicted molar refractivity (Wildman–Crippen MR) is 78.9 cm³/mol. The lowest BCUT2D eigenvalue weighted by Crippen LogP contribution is -2.47. The van der Waals surface area contributed by atoms with E-state index in [-0.39, 0.29) is 0 Å². The van der Waals surface area contributed by atoms with Crippen LogP contribution in [0.5, 0.6) is 0 Å². The van der Waals surface area contributed by atoms with E-state index in [2.05, 4.69) is 21.7 Å². The number of methoxy groups -OCH3 is 1. The highest BCUT2D eigenvalue weighted by molar-refractivity contribution is 5.95. The first-order valence-corrected chi connectivity index (χ1v) is 6.96. The third-order valence-corrected chi connectivity index (χ3v) is 3.50. The van der Waals surface area contributed by atoms with E-state index >= 15 is 0 Å². The summed E-state index contributed by atoms with van der Waals surface area (Å²) in [6.45, 7) is 7.00. The van der Waals surface area contributed by atoms with Crippen LogP contribution in [0, 0.1) is 0 Å². The molecule has 0 radical (unpaired) electrons. The van der Waals surface area contributed by atoms with Crippen LogP contribution in [0.1, 0.15) is 23.7 Å². The van der Waals surface area contributed by atoms with Crippen molar-refractivity contribution in [3.63, 3.8) is 0 Å². The molecule has 1 aromatic heterocycles. The van der Waals surface area contributed by atoms with Crippen LogP contribution in [0.15, 0.2) is 12.3 Å². The number of ether oxygens (including phenoxy) is 1. The minimum Gasteiger partial charge on any atom is -0.465 e. The summed E-state index contributed by atoms with van der Waals surface area (Å²) in [7, 11) is 1.37. The smallest absolute Gasteiger partial charge is 0.341 e. The van der Waals surface area contributed by atoms with Gasteiger partial charge in [-0.1, -0.05) is 6.92 Å². The fourth-order valence-electron chi connectivity index (χ4n) is 2.49. The Kier molecular flexibility index (Phi) is 4.79. The molecule has 0 atom stereocenters. The van der Waals surface area contributed by atoms with Gasteiger partial charge in [0.15, 0.2) is 0 Å². The number of hydrogen-bond donors (Lipinski definition) is 1. The van der Waals surface area contributed by atoms with E-state index in [0.29, 0.717) is 17.1 Å². The van der Waals surface area contributed by atoms with Crippen LogP contribution in [-0.2, 0) is 4.74 Å². The van der Waals surface area contributed by atoms with E-state index in [9.17, 15) is 4.79 Å². The molecule has 0 unspecified atom stereocenters. The molecule has 0 spiro atoms. The predicted octanol–water partition coefficient (Wildman–Crippen LogP) is 0.982. The van der Waals surface area contributed by atoms with Crippen molar-refractivity contribution in [1.82, 2.24) is 9.88 Å². The minimum atomic E-state index is -0.393. The van der Waals surface area contributed by atoms with Gasteiger partial charge >= 0.3 is 5.97 Å². The number of rotatable bonds is 4. The highest BCUT2D eigenvalue weighted by Crippen LogP contribution is 2.22. The van der Waals surface area contributed by atoms with Crippen LogP contribution >= 0.6 is 0 Å². The standard InChI is InChI=1S/C14H22N4O2/c1-3-4-17-5-7-18(8-6-17)13-12(14(19)20-2)9-11(15)10-16-13/h9-10H,3-8,15H2,1-2H3. The topological polar surface area (TPSA) is 71.7 Å². The number of hydrogen-bond acceptors (Lipinski definition) is 6. The van der Waals surface area contributed by atoms with Crippen molar-refractivity contribution in [3.05, 3.63) is 17.8 Å². The molecule has 0 saturated carbocycles. The van der Waals surface area contributed by atoms with Crippen LogP contribution < -0.4 is 10.6 Å². The molecule has 1 aliphatic rings. The van der Waals surface area contributed by atoms with E-state index in [1.54, 1.807) is 12.3 Å². The van der Waals surface area contributed by atoms with Crippen molar-refractivity contribution in [3.8, 4) is 0 Å². The minimum absolute atomic E-state index is 0.393. The zero-order valence-corrected chi connectivity index (χ0v) is 12.1. The fourth-order valence-corrected chi connectivity index (χ4v) is 2.49. The summed E-state index contributed by atoms with van der Waals surface area (Å²) in [5, 5.41) is 0. The lowest BCUT2D eigenvalue weighted by atomic mass is 10.2. The molecule has 6 heteroatoms. The number of aromatic nitrogens is 1. The van der Waals surface area contributed by atoms with Gasteiger partial charge in [0.25, 0.3) is 0 Å². The van der Waals surface area contributed by atoms with E-state index < -0.39 is 5.97 Å². The molecule has 0 amide bonds. The van der Waals surface area contributed by atoms with Gasteiger partial charge in [-0.2, -0.15) is 0 Å². The molecule has 0 bridgehead atoms. The molecule has 1 aromatic rings. The summed E-state index contributed by atoms with van der Waals surface area (Å²) in [6, 6.07) is 1.63. The first kappa shape index (κ1) is 14.6. The summed E-state index contributed by atoms with van der Waals surface area (Å²) in [6.07, 6.45) is 2.74. The van der Waals surface area contributed by atoms with E-state index in [1.165, 1.54) is 7.11 Å². The SMILES string of the molecule is CCCN1CCN(c2ncc(N)cc2C(=O)OC)CC1. The Labute approximate surface area is 119 Å². The molecule has 2 heterocycles. The van der Waals surface area contributed by atoms with Crippen molar-refractivity contribution in [2.24, 2.45) is 0 Å². The number of nitrogens with two attached hydrogens (primary N) is 1. The Balaban J connectivity index is 2.15. The maximum Gasteiger partial charge on any atom is 0.341 e. The quantitative estimate of drug-likeness (QED) is 0.828. The van der Waals surface area contributed by atoms with Crippen LogP contribution in [0.2, 0.25) is 0 Å². The Morgan fingerprint density at radius 2 is 2.10 bits per heavy atom. The molecule has 1 fully saturated rings. The van der Waals surface area contributed by atoms with Crippen LogP contribution in [0.25, 0.3) is 0 Å². The molecule has 110 valence electrons. The number of carbonyl (C=O) groups excluding carboxylic acids is 1. The van der Waals surface area contributed by atoms with Gasteiger partial charge in [0.05, 0.1) is 19.0 Å². The van der Waals surface area contributed by atoms with Gasteiger partial charge in [0.2, 0.25) is 0 Å². The fraction of sp³-hybridized carbons (Fsp3) is 0.571. The summed E-state index contributed by atoms with van der Waals surface area (Å²) in [5.41, 5.74) is 6.63. The van der Waals surface area contributed by atoms with E-state index in [0.717, 1.165) is 39.1 Å². The van der Waals surface area contributed by atoms with Crippen molar-refractivity contribution in [1.29, 1.82) is 0 Å². The first-order valence-electron chi connectivity index (χ1n) is 6.96. The Morgan fingerprint density at radius 3 is 2.70 bits per heavy atom. The van der Waals surface area contributed by atoms with Gasteiger partial charge in [-0.3, -0.25) is 4.90 Å². The maximum atomic E-state index is 11.8. The van der Waals surface area contributed by atoms with Gasteiger partial charge in [-0.05, 0) is 19.0 Å². The largest absolute Gasteiger partial charge is 0.465 e. The molecular formula is C14H22N4O2. The number of piperazine rings is 1. The average molecular weight is 278 g/mol. The Morgan fingerprint density at radius 1 is 1.40 bits per heavy atom.